The van der Waals surface area contributed by atoms with Crippen LogP contribution in [0, 0.1) is 0 Å². The van der Waals surface area contributed by atoms with Gasteiger partial charge >= 0.3 is 19.8 Å². The lowest BCUT2D eigenvalue weighted by molar-refractivity contribution is -0.161. The van der Waals surface area contributed by atoms with Crippen molar-refractivity contribution in [2.45, 2.75) is 232 Å². The highest BCUT2D eigenvalue weighted by Crippen LogP contribution is 2.36. The first-order valence-corrected chi connectivity index (χ1v) is 23.7. The Labute approximate surface area is 326 Å². The fourth-order valence-electron chi connectivity index (χ4n) is 6.36. The second-order valence-corrected chi connectivity index (χ2v) is 16.3. The second-order valence-electron chi connectivity index (χ2n) is 15.0. The van der Waals surface area contributed by atoms with Crippen molar-refractivity contribution < 1.29 is 37.9 Å². The fraction of sp³-hybridized carbons (Fsp3) is 0.864. The molecule has 0 aromatic carbocycles. The van der Waals surface area contributed by atoms with Crippen LogP contribution in [0.4, 0.5) is 0 Å². The molecule has 0 saturated heterocycles. The van der Waals surface area contributed by atoms with Gasteiger partial charge in [0.25, 0.3) is 0 Å². The minimum atomic E-state index is -4.75. The van der Waals surface area contributed by atoms with E-state index in [2.05, 4.69) is 42.7 Å². The zero-order chi connectivity index (χ0) is 38.9. The van der Waals surface area contributed by atoms with E-state index in [0.29, 0.717) is 6.42 Å². The number of phosphoric ester groups is 1. The summed E-state index contributed by atoms with van der Waals surface area (Å²) >= 11 is 0. The van der Waals surface area contributed by atoms with Gasteiger partial charge in [-0.1, -0.05) is 173 Å². The molecule has 312 valence electrons. The van der Waals surface area contributed by atoms with E-state index in [1.54, 1.807) is 0 Å². The van der Waals surface area contributed by atoms with E-state index in [9.17, 15) is 14.2 Å². The Balaban J connectivity index is 3.85. The highest BCUT2D eigenvalue weighted by molar-refractivity contribution is 7.46. The van der Waals surface area contributed by atoms with Crippen LogP contribution in [0.5, 0.6) is 0 Å². The molecule has 0 aromatic heterocycles. The molecule has 2 N–H and O–H groups in total. The third kappa shape index (κ3) is 43.1. The summed E-state index contributed by atoms with van der Waals surface area (Å²) in [4.78, 5) is 42.9. The number of phosphoric acid groups is 1. The Morgan fingerprint density at radius 3 is 1.15 bits per heavy atom. The maximum Gasteiger partial charge on any atom is 0.469 e. The molecule has 0 bridgehead atoms. The molecule has 0 aromatic rings. The standard InChI is InChI=1S/C44H83O8P/c1-3-5-7-9-11-13-15-17-19-20-21-22-23-24-25-27-28-30-32-34-36-38-43(45)50-40-42(41-51-53(47,48)49)52-44(46)39-37-35-33-31-29-26-18-16-14-12-10-8-6-4-2/h16-19,42H,3-15,20-41H2,1-2H3,(H2,47,48,49)/b18-16+,19-17+/t42-/m1/s1. The van der Waals surface area contributed by atoms with Crippen LogP contribution in [-0.4, -0.2) is 41.0 Å². The molecule has 0 unspecified atom stereocenters. The second kappa shape index (κ2) is 40.2. The van der Waals surface area contributed by atoms with Gasteiger partial charge in [-0.25, -0.2) is 4.57 Å². The lowest BCUT2D eigenvalue weighted by Crippen LogP contribution is -2.29. The molecule has 9 heteroatoms. The fourth-order valence-corrected chi connectivity index (χ4v) is 6.72. The summed E-state index contributed by atoms with van der Waals surface area (Å²) in [6.45, 7) is 3.68. The average Bonchev–Trinajstić information content (AvgIpc) is 3.13. The summed E-state index contributed by atoms with van der Waals surface area (Å²) in [7, 11) is -4.75. The van der Waals surface area contributed by atoms with Crippen molar-refractivity contribution in [2.24, 2.45) is 0 Å². The van der Waals surface area contributed by atoms with Gasteiger partial charge in [-0.15, -0.1) is 0 Å². The predicted octanol–water partition coefficient (Wildman–Crippen LogP) is 13.6. The molecule has 0 saturated carbocycles. The first kappa shape index (κ1) is 51.5. The van der Waals surface area contributed by atoms with E-state index in [4.69, 9.17) is 19.3 Å². The van der Waals surface area contributed by atoms with Crippen LogP contribution in [-0.2, 0) is 28.2 Å². The smallest absolute Gasteiger partial charge is 0.462 e. The summed E-state index contributed by atoms with van der Waals surface area (Å²) in [5.41, 5.74) is 0. The van der Waals surface area contributed by atoms with Crippen LogP contribution in [0.15, 0.2) is 24.3 Å². The Hall–Kier alpha value is -1.47. The monoisotopic (exact) mass is 771 g/mol. The lowest BCUT2D eigenvalue weighted by atomic mass is 10.0. The van der Waals surface area contributed by atoms with E-state index in [-0.39, 0.29) is 19.4 Å². The molecule has 8 nitrogen and oxygen atoms in total. The zero-order valence-electron chi connectivity index (χ0n) is 34.4. The van der Waals surface area contributed by atoms with Gasteiger partial charge in [0.2, 0.25) is 0 Å². The number of ether oxygens (including phenoxy) is 2. The van der Waals surface area contributed by atoms with Gasteiger partial charge in [-0.05, 0) is 64.2 Å². The molecule has 0 fully saturated rings. The van der Waals surface area contributed by atoms with Crippen LogP contribution < -0.4 is 0 Å². The molecule has 0 amide bonds. The van der Waals surface area contributed by atoms with E-state index in [1.165, 1.54) is 141 Å². The number of hydrogen-bond acceptors (Lipinski definition) is 6. The normalized spacial score (nSPS) is 12.6. The first-order valence-electron chi connectivity index (χ1n) is 22.1. The highest BCUT2D eigenvalue weighted by atomic mass is 31.2. The van der Waals surface area contributed by atoms with E-state index < -0.39 is 32.5 Å². The third-order valence-corrected chi connectivity index (χ3v) is 10.2. The maximum absolute atomic E-state index is 12.4. The topological polar surface area (TPSA) is 119 Å². The van der Waals surface area contributed by atoms with Crippen LogP contribution in [0.1, 0.15) is 226 Å². The van der Waals surface area contributed by atoms with Crippen molar-refractivity contribution in [2.75, 3.05) is 13.2 Å². The van der Waals surface area contributed by atoms with Gasteiger partial charge in [0.1, 0.15) is 6.61 Å². The van der Waals surface area contributed by atoms with Crippen LogP contribution >= 0.6 is 7.82 Å². The minimum Gasteiger partial charge on any atom is -0.462 e. The van der Waals surface area contributed by atoms with Crippen molar-refractivity contribution in [3.8, 4) is 0 Å². The average molecular weight is 771 g/mol. The van der Waals surface area contributed by atoms with Gasteiger partial charge in [-0.2, -0.15) is 0 Å². The van der Waals surface area contributed by atoms with E-state index >= 15 is 0 Å². The Morgan fingerprint density at radius 1 is 0.472 bits per heavy atom. The molecule has 0 radical (unpaired) electrons. The highest BCUT2D eigenvalue weighted by Gasteiger charge is 2.22. The Morgan fingerprint density at radius 2 is 0.792 bits per heavy atom. The molecule has 0 aliphatic heterocycles. The Kier molecular flexibility index (Phi) is 39.1. The molecule has 0 aliphatic rings. The lowest BCUT2D eigenvalue weighted by Gasteiger charge is -2.18. The molecule has 1 atom stereocenters. The maximum atomic E-state index is 12.4. The van der Waals surface area contributed by atoms with Crippen molar-refractivity contribution in [3.05, 3.63) is 24.3 Å². The van der Waals surface area contributed by atoms with Gasteiger partial charge in [0.05, 0.1) is 6.61 Å². The number of rotatable bonds is 41. The number of carbonyl (C=O) groups is 2. The summed E-state index contributed by atoms with van der Waals surface area (Å²) in [6, 6.07) is 0. The summed E-state index contributed by atoms with van der Waals surface area (Å²) in [6.07, 6.45) is 46.2. The Bertz CT molecular complexity index is 915. The largest absolute Gasteiger partial charge is 0.469 e. The number of unbranched alkanes of at least 4 members (excludes halogenated alkanes) is 27. The number of allylic oxidation sites excluding steroid dienone is 4. The van der Waals surface area contributed by atoms with Crippen LogP contribution in [0.3, 0.4) is 0 Å². The molecule has 0 heterocycles. The number of hydrogen-bond donors (Lipinski definition) is 2. The number of carbonyl (C=O) groups excluding carboxylic acids is 2. The van der Waals surface area contributed by atoms with Gasteiger partial charge in [0.15, 0.2) is 6.10 Å². The first-order chi connectivity index (χ1) is 25.8. The zero-order valence-corrected chi connectivity index (χ0v) is 35.3. The quantitative estimate of drug-likeness (QED) is 0.0273. The van der Waals surface area contributed by atoms with E-state index in [1.807, 2.05) is 0 Å². The molecule has 53 heavy (non-hydrogen) atoms. The van der Waals surface area contributed by atoms with Crippen molar-refractivity contribution >= 4 is 19.8 Å². The van der Waals surface area contributed by atoms with Crippen molar-refractivity contribution in [3.63, 3.8) is 0 Å². The summed E-state index contributed by atoms with van der Waals surface area (Å²) in [5.74, 6) is -0.888. The van der Waals surface area contributed by atoms with E-state index in [0.717, 1.165) is 51.4 Å². The van der Waals surface area contributed by atoms with Gasteiger partial charge in [-0.3, -0.25) is 14.1 Å². The molecule has 0 aliphatic carbocycles. The molecular weight excluding hydrogens is 687 g/mol. The molecular formula is C44H83O8P. The van der Waals surface area contributed by atoms with Crippen molar-refractivity contribution in [1.82, 2.24) is 0 Å². The van der Waals surface area contributed by atoms with Crippen LogP contribution in [0.2, 0.25) is 0 Å². The molecule has 0 spiro atoms. The predicted molar refractivity (Wildman–Crippen MR) is 221 cm³/mol. The third-order valence-electron chi connectivity index (χ3n) is 9.69. The summed E-state index contributed by atoms with van der Waals surface area (Å²) in [5, 5.41) is 0. The minimum absolute atomic E-state index is 0.204. The van der Waals surface area contributed by atoms with Gasteiger partial charge < -0.3 is 19.3 Å². The SMILES string of the molecule is CCCCCCC/C=C/CCCCCCCC(=O)O[C@H](COC(=O)CCCCCCCCCCCCC/C=C/CCCCCCCC)COP(=O)(O)O. The van der Waals surface area contributed by atoms with Crippen molar-refractivity contribution in [1.29, 1.82) is 0 Å². The number of esters is 2. The molecule has 0 rings (SSSR count). The summed E-state index contributed by atoms with van der Waals surface area (Å²) < 4.78 is 26.4. The van der Waals surface area contributed by atoms with Gasteiger partial charge in [0, 0.05) is 12.8 Å². The van der Waals surface area contributed by atoms with Crippen LogP contribution in [0.25, 0.3) is 0 Å².